The van der Waals surface area contributed by atoms with Crippen LogP contribution in [-0.4, -0.2) is 33.4 Å². The maximum Gasteiger partial charge on any atom is 0.237 e. The zero-order valence-corrected chi connectivity index (χ0v) is 17.6. The van der Waals surface area contributed by atoms with Crippen LogP contribution in [0.15, 0.2) is 66.0 Å². The van der Waals surface area contributed by atoms with E-state index in [1.807, 2.05) is 31.3 Å². The Kier molecular flexibility index (Phi) is 6.50. The molecule has 30 heavy (non-hydrogen) atoms. The Morgan fingerprint density at radius 1 is 1.30 bits per heavy atom. The first-order valence-electron chi connectivity index (χ1n) is 10.1. The van der Waals surface area contributed by atoms with Crippen LogP contribution < -0.4 is 5.32 Å². The number of benzene rings is 2. The lowest BCUT2D eigenvalue weighted by atomic mass is 10.1. The van der Waals surface area contributed by atoms with Crippen LogP contribution in [0.5, 0.6) is 0 Å². The lowest BCUT2D eigenvalue weighted by Crippen LogP contribution is -2.23. The molecule has 3 aromatic rings. The Morgan fingerprint density at radius 3 is 2.87 bits per heavy atom. The SMILES string of the molecule is C[C@H](Sc1ncc(-c2ccccc2)n1C[C@@H]1CCCO1)C(=O)Nc1cccc(F)c1. The number of carbonyl (C=O) groups is 1. The fraction of sp³-hybridized carbons (Fsp3) is 0.304. The number of thioether (sulfide) groups is 1. The second-order valence-electron chi connectivity index (χ2n) is 7.30. The van der Waals surface area contributed by atoms with Gasteiger partial charge in [0.1, 0.15) is 5.82 Å². The highest BCUT2D eigenvalue weighted by Gasteiger charge is 2.23. The number of hydrogen-bond acceptors (Lipinski definition) is 4. The Balaban J connectivity index is 1.53. The van der Waals surface area contributed by atoms with Crippen molar-refractivity contribution in [2.45, 2.75) is 42.8 Å². The number of nitrogens with zero attached hydrogens (tertiary/aromatic N) is 2. The van der Waals surface area contributed by atoms with Gasteiger partial charge in [-0.05, 0) is 43.5 Å². The number of hydrogen-bond donors (Lipinski definition) is 1. The minimum atomic E-state index is -0.400. The molecule has 0 radical (unpaired) electrons. The number of carbonyl (C=O) groups excluding carboxylic acids is 1. The number of nitrogens with one attached hydrogen (secondary N) is 1. The molecule has 1 aliphatic heterocycles. The average Bonchev–Trinajstić information content (AvgIpc) is 3.39. The minimum Gasteiger partial charge on any atom is -0.376 e. The van der Waals surface area contributed by atoms with Crippen molar-refractivity contribution in [1.29, 1.82) is 0 Å². The second kappa shape index (κ2) is 9.45. The maximum absolute atomic E-state index is 13.4. The van der Waals surface area contributed by atoms with E-state index >= 15 is 0 Å². The van der Waals surface area contributed by atoms with Crippen molar-refractivity contribution in [2.24, 2.45) is 0 Å². The Morgan fingerprint density at radius 2 is 2.13 bits per heavy atom. The molecule has 1 amide bonds. The topological polar surface area (TPSA) is 56.2 Å². The number of anilines is 1. The first-order valence-corrected chi connectivity index (χ1v) is 10.9. The summed E-state index contributed by atoms with van der Waals surface area (Å²) in [5.41, 5.74) is 2.53. The molecule has 1 aromatic heterocycles. The summed E-state index contributed by atoms with van der Waals surface area (Å²) in [6, 6.07) is 16.0. The van der Waals surface area contributed by atoms with Crippen LogP contribution >= 0.6 is 11.8 Å². The molecule has 0 unspecified atom stereocenters. The summed E-state index contributed by atoms with van der Waals surface area (Å²) >= 11 is 1.39. The van der Waals surface area contributed by atoms with Crippen LogP contribution in [-0.2, 0) is 16.1 Å². The van der Waals surface area contributed by atoms with Gasteiger partial charge in [0.25, 0.3) is 0 Å². The summed E-state index contributed by atoms with van der Waals surface area (Å²) in [5, 5.41) is 3.14. The first kappa shape index (κ1) is 20.6. The molecule has 0 saturated carbocycles. The second-order valence-corrected chi connectivity index (χ2v) is 8.61. The maximum atomic E-state index is 13.4. The summed E-state index contributed by atoms with van der Waals surface area (Å²) in [7, 11) is 0. The van der Waals surface area contributed by atoms with Gasteiger partial charge < -0.3 is 14.6 Å². The fourth-order valence-electron chi connectivity index (χ4n) is 3.48. The summed E-state index contributed by atoms with van der Waals surface area (Å²) in [5.74, 6) is -0.578. The fourth-order valence-corrected chi connectivity index (χ4v) is 4.38. The van der Waals surface area contributed by atoms with Crippen LogP contribution in [0.3, 0.4) is 0 Å². The van der Waals surface area contributed by atoms with Gasteiger partial charge in [-0.1, -0.05) is 48.2 Å². The molecule has 7 heteroatoms. The van der Waals surface area contributed by atoms with Crippen molar-refractivity contribution in [3.05, 3.63) is 66.6 Å². The van der Waals surface area contributed by atoms with Crippen LogP contribution in [0.2, 0.25) is 0 Å². The normalized spacial score (nSPS) is 17.1. The highest BCUT2D eigenvalue weighted by atomic mass is 32.2. The first-order chi connectivity index (χ1) is 14.6. The van der Waals surface area contributed by atoms with Gasteiger partial charge in [0.2, 0.25) is 5.91 Å². The third-order valence-electron chi connectivity index (χ3n) is 5.04. The van der Waals surface area contributed by atoms with Gasteiger partial charge >= 0.3 is 0 Å². The van der Waals surface area contributed by atoms with Crippen LogP contribution in [0.25, 0.3) is 11.3 Å². The molecule has 2 atom stereocenters. The Labute approximate surface area is 179 Å². The number of rotatable bonds is 7. The Hall–Kier alpha value is -2.64. The lowest BCUT2D eigenvalue weighted by Gasteiger charge is -2.18. The van der Waals surface area contributed by atoms with E-state index < -0.39 is 5.25 Å². The smallest absolute Gasteiger partial charge is 0.237 e. The molecule has 156 valence electrons. The molecule has 0 spiro atoms. The van der Waals surface area contributed by atoms with E-state index in [1.165, 1.54) is 23.9 Å². The molecule has 1 fully saturated rings. The number of halogens is 1. The van der Waals surface area contributed by atoms with Gasteiger partial charge in [-0.3, -0.25) is 4.79 Å². The largest absolute Gasteiger partial charge is 0.376 e. The van der Waals surface area contributed by atoms with Crippen molar-refractivity contribution >= 4 is 23.4 Å². The molecule has 0 aliphatic carbocycles. The summed E-state index contributed by atoms with van der Waals surface area (Å²) in [6.45, 7) is 3.31. The van der Waals surface area contributed by atoms with Gasteiger partial charge in [0.05, 0.1) is 29.8 Å². The van der Waals surface area contributed by atoms with Crippen molar-refractivity contribution in [3.63, 3.8) is 0 Å². The molecular formula is C23H24FN3O2S. The average molecular weight is 426 g/mol. The zero-order chi connectivity index (χ0) is 20.9. The highest BCUT2D eigenvalue weighted by molar-refractivity contribution is 8.00. The van der Waals surface area contributed by atoms with Gasteiger partial charge in [0.15, 0.2) is 5.16 Å². The van der Waals surface area contributed by atoms with E-state index in [9.17, 15) is 9.18 Å². The van der Waals surface area contributed by atoms with E-state index in [0.29, 0.717) is 12.2 Å². The van der Waals surface area contributed by atoms with Gasteiger partial charge in [-0.2, -0.15) is 0 Å². The monoisotopic (exact) mass is 425 g/mol. The predicted molar refractivity (Wildman–Crippen MR) is 117 cm³/mol. The minimum absolute atomic E-state index is 0.150. The molecule has 2 aromatic carbocycles. The summed E-state index contributed by atoms with van der Waals surface area (Å²) < 4.78 is 21.4. The highest BCUT2D eigenvalue weighted by Crippen LogP contribution is 2.30. The quantitative estimate of drug-likeness (QED) is 0.542. The van der Waals surface area contributed by atoms with Crippen LogP contribution in [0.1, 0.15) is 19.8 Å². The Bertz CT molecular complexity index is 1000. The van der Waals surface area contributed by atoms with Crippen LogP contribution in [0.4, 0.5) is 10.1 Å². The molecular weight excluding hydrogens is 401 g/mol. The number of amides is 1. The van der Waals surface area contributed by atoms with Crippen molar-refractivity contribution < 1.29 is 13.9 Å². The third kappa shape index (κ3) is 4.91. The summed E-state index contributed by atoms with van der Waals surface area (Å²) in [6.07, 6.45) is 4.09. The van der Waals surface area contributed by atoms with E-state index in [1.54, 1.807) is 12.1 Å². The molecule has 0 bridgehead atoms. The number of aromatic nitrogens is 2. The lowest BCUT2D eigenvalue weighted by molar-refractivity contribution is -0.115. The zero-order valence-electron chi connectivity index (χ0n) is 16.8. The molecule has 1 saturated heterocycles. The van der Waals surface area contributed by atoms with Crippen molar-refractivity contribution in [3.8, 4) is 11.3 Å². The van der Waals surface area contributed by atoms with E-state index in [0.717, 1.165) is 35.9 Å². The summed E-state index contributed by atoms with van der Waals surface area (Å²) in [4.78, 5) is 17.3. The van der Waals surface area contributed by atoms with E-state index in [-0.39, 0.29) is 17.8 Å². The third-order valence-corrected chi connectivity index (χ3v) is 6.15. The molecule has 5 nitrogen and oxygen atoms in total. The van der Waals surface area contributed by atoms with Crippen LogP contribution in [0, 0.1) is 5.82 Å². The standard InChI is InChI=1S/C23H24FN3O2S/c1-16(22(28)26-19-10-5-9-18(24)13-19)30-23-25-14-21(17-7-3-2-4-8-17)27(23)15-20-11-6-12-29-20/h2-5,7-10,13-14,16,20H,6,11-12,15H2,1H3,(H,26,28)/t16-,20-/m0/s1. The van der Waals surface area contributed by atoms with Crippen molar-refractivity contribution in [2.75, 3.05) is 11.9 Å². The van der Waals surface area contributed by atoms with E-state index in [4.69, 9.17) is 4.74 Å². The predicted octanol–water partition coefficient (Wildman–Crippen LogP) is 4.99. The van der Waals surface area contributed by atoms with Crippen molar-refractivity contribution in [1.82, 2.24) is 9.55 Å². The number of imidazole rings is 1. The van der Waals surface area contributed by atoms with Gasteiger partial charge in [-0.25, -0.2) is 9.37 Å². The molecule has 1 aliphatic rings. The molecule has 4 rings (SSSR count). The van der Waals surface area contributed by atoms with E-state index in [2.05, 4.69) is 27.0 Å². The molecule has 1 N–H and O–H groups in total. The van der Waals surface area contributed by atoms with Gasteiger partial charge in [0, 0.05) is 12.3 Å². The number of ether oxygens (including phenoxy) is 1. The van der Waals surface area contributed by atoms with Gasteiger partial charge in [-0.15, -0.1) is 0 Å². The molecule has 2 heterocycles.